The number of aromatic nitrogens is 1. The quantitative estimate of drug-likeness (QED) is 0.294. The third-order valence-corrected chi connectivity index (χ3v) is 10.5. The lowest BCUT2D eigenvalue weighted by atomic mass is 10.0. The van der Waals surface area contributed by atoms with Crippen molar-refractivity contribution < 1.29 is 46.4 Å². The summed E-state index contributed by atoms with van der Waals surface area (Å²) < 4.78 is 43.5. The minimum atomic E-state index is -3.90. The van der Waals surface area contributed by atoms with Crippen LogP contribution in [0.15, 0.2) is 22.7 Å². The molecule has 15 nitrogen and oxygen atoms in total. The average Bonchev–Trinajstić information content (AvgIpc) is 3.86. The van der Waals surface area contributed by atoms with Crippen LogP contribution in [0.4, 0.5) is 4.79 Å². The molecule has 3 heterocycles. The topological polar surface area (TPSA) is 203 Å². The van der Waals surface area contributed by atoms with E-state index in [0.717, 1.165) is 12.8 Å². The highest BCUT2D eigenvalue weighted by atomic mass is 32.2. The number of aryl methyl sites for hydroxylation is 1. The minimum absolute atomic E-state index is 0.0766. The van der Waals surface area contributed by atoms with E-state index in [1.807, 2.05) is 12.2 Å². The number of esters is 1. The van der Waals surface area contributed by atoms with Crippen molar-refractivity contribution >= 4 is 39.8 Å². The number of amides is 4. The number of fused-ring (bicyclic) bond motifs is 2. The van der Waals surface area contributed by atoms with E-state index in [1.54, 1.807) is 27.7 Å². The number of ether oxygens (including phenoxy) is 2. The largest absolute Gasteiger partial charge is 0.456 e. The molecule has 1 saturated heterocycles. The first-order valence-corrected chi connectivity index (χ1v) is 17.6. The van der Waals surface area contributed by atoms with Crippen molar-refractivity contribution in [3.05, 3.63) is 29.7 Å². The van der Waals surface area contributed by atoms with Gasteiger partial charge in [0, 0.05) is 18.4 Å². The number of carbonyl (C=O) groups is 5. The molecule has 47 heavy (non-hydrogen) atoms. The zero-order chi connectivity index (χ0) is 34.1. The summed E-state index contributed by atoms with van der Waals surface area (Å²) >= 11 is 0. The monoisotopic (exact) mass is 677 g/mol. The SMILES string of the molecule is Cc1cc(C(=O)OC2CC3C(=O)NC4(C(=O)NS(=O)(=O)C5CC5)CC4/C=C/CCCCCC(NC(=O)OC(C)(C)C)C(=O)N3C2)no1. The van der Waals surface area contributed by atoms with Gasteiger partial charge in [0.1, 0.15) is 35.1 Å². The van der Waals surface area contributed by atoms with Gasteiger partial charge in [0.05, 0.1) is 11.8 Å². The maximum absolute atomic E-state index is 14.1. The molecule has 0 aromatic carbocycles. The standard InChI is InChI=1S/C31H43N5O10S/c1-18-14-23(34-46-18)27(39)44-20-15-24-25(37)33-31(28(40)35-47(42,43)21-12-13-21)16-19(31)10-8-6-5-7-9-11-22(26(38)36(24)17-20)32-29(41)45-30(2,3)4/h8,10,14,19-22,24H,5-7,9,11-13,15-17H2,1-4H3,(H,32,41)(H,33,37)(H,35,40)/b10-8+. The van der Waals surface area contributed by atoms with Crippen LogP contribution in [0.1, 0.15) is 94.8 Å². The Morgan fingerprint density at radius 2 is 1.87 bits per heavy atom. The van der Waals surface area contributed by atoms with Crippen LogP contribution >= 0.6 is 0 Å². The van der Waals surface area contributed by atoms with Crippen LogP contribution in [0.25, 0.3) is 0 Å². The average molecular weight is 678 g/mol. The van der Waals surface area contributed by atoms with Crippen LogP contribution in [0.2, 0.25) is 0 Å². The summed E-state index contributed by atoms with van der Waals surface area (Å²) in [4.78, 5) is 68.5. The number of nitrogens with one attached hydrogen (secondary N) is 3. The van der Waals surface area contributed by atoms with Crippen LogP contribution in [0, 0.1) is 12.8 Å². The van der Waals surface area contributed by atoms with E-state index in [2.05, 4.69) is 20.5 Å². The summed E-state index contributed by atoms with van der Waals surface area (Å²) in [5, 5.41) is 8.45. The van der Waals surface area contributed by atoms with E-state index in [1.165, 1.54) is 11.0 Å². The Balaban J connectivity index is 1.42. The molecule has 5 rings (SSSR count). The molecule has 1 aromatic rings. The highest BCUT2D eigenvalue weighted by Gasteiger charge is 2.62. The lowest BCUT2D eigenvalue weighted by molar-refractivity contribution is -0.141. The number of allylic oxidation sites excluding steroid dienone is 1. The summed E-state index contributed by atoms with van der Waals surface area (Å²) in [5.74, 6) is -3.00. The Morgan fingerprint density at radius 1 is 1.13 bits per heavy atom. The van der Waals surface area contributed by atoms with Gasteiger partial charge in [-0.05, 0) is 66.2 Å². The molecule has 0 spiro atoms. The van der Waals surface area contributed by atoms with Crippen molar-refractivity contribution in [3.8, 4) is 0 Å². The second-order valence-corrected chi connectivity index (χ2v) is 15.8. The second-order valence-electron chi connectivity index (χ2n) is 13.8. The summed E-state index contributed by atoms with van der Waals surface area (Å²) in [5.41, 5.74) is -2.44. The van der Waals surface area contributed by atoms with Crippen molar-refractivity contribution in [1.29, 1.82) is 0 Å². The lowest BCUT2D eigenvalue weighted by Gasteiger charge is -2.30. The molecule has 0 bridgehead atoms. The number of sulfonamides is 1. The molecule has 5 unspecified atom stereocenters. The summed E-state index contributed by atoms with van der Waals surface area (Å²) in [7, 11) is -3.90. The molecular formula is C31H43N5O10S. The van der Waals surface area contributed by atoms with Gasteiger partial charge < -0.3 is 29.5 Å². The normalized spacial score (nSPS) is 29.2. The van der Waals surface area contributed by atoms with Gasteiger partial charge in [-0.1, -0.05) is 30.2 Å². The van der Waals surface area contributed by atoms with Crippen LogP contribution in [-0.4, -0.2) is 89.4 Å². The summed E-state index contributed by atoms with van der Waals surface area (Å²) in [6.07, 6.45) is 6.00. The first-order valence-electron chi connectivity index (χ1n) is 16.1. The number of hydrogen-bond donors (Lipinski definition) is 3. The minimum Gasteiger partial charge on any atom is -0.456 e. The Hall–Kier alpha value is -3.95. The summed E-state index contributed by atoms with van der Waals surface area (Å²) in [6.45, 7) is 6.52. The fourth-order valence-corrected chi connectivity index (χ4v) is 7.34. The smallest absolute Gasteiger partial charge is 0.408 e. The molecule has 4 aliphatic rings. The number of carbonyl (C=O) groups excluding carboxylic acids is 5. The predicted octanol–water partition coefficient (Wildman–Crippen LogP) is 2.01. The molecule has 258 valence electrons. The molecule has 3 fully saturated rings. The maximum atomic E-state index is 14.1. The number of alkyl carbamates (subject to hydrolysis) is 1. The number of nitrogens with zero attached hydrogens (tertiary/aromatic N) is 2. The second kappa shape index (κ2) is 13.3. The van der Waals surface area contributed by atoms with E-state index < -0.39 is 80.3 Å². The van der Waals surface area contributed by atoms with Crippen LogP contribution in [-0.2, 0) is 33.9 Å². The van der Waals surface area contributed by atoms with Crippen LogP contribution < -0.4 is 15.4 Å². The summed E-state index contributed by atoms with van der Waals surface area (Å²) in [6, 6.07) is -0.862. The van der Waals surface area contributed by atoms with Gasteiger partial charge in [0.2, 0.25) is 21.8 Å². The van der Waals surface area contributed by atoms with E-state index in [0.29, 0.717) is 31.4 Å². The number of hydrogen-bond acceptors (Lipinski definition) is 11. The van der Waals surface area contributed by atoms with Crippen LogP contribution in [0.3, 0.4) is 0 Å². The van der Waals surface area contributed by atoms with Gasteiger partial charge >= 0.3 is 12.1 Å². The molecule has 2 aliphatic heterocycles. The fourth-order valence-electron chi connectivity index (χ4n) is 5.97. The van der Waals surface area contributed by atoms with E-state index in [-0.39, 0.29) is 31.5 Å². The van der Waals surface area contributed by atoms with Gasteiger partial charge in [0.25, 0.3) is 5.91 Å². The van der Waals surface area contributed by atoms with E-state index in [9.17, 15) is 32.4 Å². The van der Waals surface area contributed by atoms with Crippen molar-refractivity contribution in [3.63, 3.8) is 0 Å². The first kappa shape index (κ1) is 34.4. The molecule has 1 aromatic heterocycles. The van der Waals surface area contributed by atoms with Gasteiger partial charge in [0.15, 0.2) is 5.69 Å². The zero-order valence-electron chi connectivity index (χ0n) is 27.1. The lowest BCUT2D eigenvalue weighted by Crippen LogP contribution is -2.58. The molecule has 16 heteroatoms. The molecular weight excluding hydrogens is 634 g/mol. The number of rotatable bonds is 6. The van der Waals surface area contributed by atoms with Crippen molar-refractivity contribution in [2.75, 3.05) is 6.54 Å². The van der Waals surface area contributed by atoms with Gasteiger partial charge in [-0.25, -0.2) is 18.0 Å². The van der Waals surface area contributed by atoms with Gasteiger partial charge in [-0.2, -0.15) is 0 Å². The third kappa shape index (κ3) is 8.32. The van der Waals surface area contributed by atoms with Crippen LogP contribution in [0.5, 0.6) is 0 Å². The third-order valence-electron chi connectivity index (χ3n) is 8.64. The van der Waals surface area contributed by atoms with Gasteiger partial charge in [-0.3, -0.25) is 19.1 Å². The Labute approximate surface area is 273 Å². The molecule has 0 radical (unpaired) electrons. The van der Waals surface area contributed by atoms with E-state index >= 15 is 0 Å². The Kier molecular flexibility index (Phi) is 9.71. The molecule has 2 aliphatic carbocycles. The first-order chi connectivity index (χ1) is 22.1. The molecule has 2 saturated carbocycles. The zero-order valence-corrected chi connectivity index (χ0v) is 27.9. The fraction of sp³-hybridized carbons (Fsp3) is 0.677. The van der Waals surface area contributed by atoms with E-state index in [4.69, 9.17) is 14.0 Å². The van der Waals surface area contributed by atoms with Crippen molar-refractivity contribution in [2.24, 2.45) is 5.92 Å². The predicted molar refractivity (Wildman–Crippen MR) is 165 cm³/mol. The van der Waals surface area contributed by atoms with Crippen molar-refractivity contribution in [1.82, 2.24) is 25.4 Å². The Morgan fingerprint density at radius 3 is 2.53 bits per heavy atom. The molecule has 5 atom stereocenters. The highest BCUT2D eigenvalue weighted by Crippen LogP contribution is 2.46. The molecule has 4 amide bonds. The highest BCUT2D eigenvalue weighted by molar-refractivity contribution is 7.91. The van der Waals surface area contributed by atoms with Crippen molar-refractivity contribution in [2.45, 2.75) is 120 Å². The van der Waals surface area contributed by atoms with Gasteiger partial charge in [-0.15, -0.1) is 0 Å². The maximum Gasteiger partial charge on any atom is 0.408 e. The molecule has 3 N–H and O–H groups in total. The Bertz CT molecular complexity index is 1550.